The smallest absolute Gasteiger partial charge is 0.550 e. The van der Waals surface area contributed by atoms with Gasteiger partial charge in [0.25, 0.3) is 0 Å². The van der Waals surface area contributed by atoms with Crippen LogP contribution in [0, 0.1) is 0 Å². The molecule has 0 saturated carbocycles. The molecule has 0 aliphatic heterocycles. The van der Waals surface area contributed by atoms with Gasteiger partial charge in [0.15, 0.2) is 0 Å². The van der Waals surface area contributed by atoms with Crippen LogP contribution in [0.1, 0.15) is 96.8 Å². The van der Waals surface area contributed by atoms with E-state index >= 15 is 0 Å². The Hall–Kier alpha value is -0.814. The Bertz CT molecular complexity index is 354. The van der Waals surface area contributed by atoms with Gasteiger partial charge in [0, 0.05) is 5.97 Å². The summed E-state index contributed by atoms with van der Waals surface area (Å²) < 4.78 is 0. The second-order valence-corrected chi connectivity index (χ2v) is 6.23. The van der Waals surface area contributed by atoms with Gasteiger partial charge in [0.1, 0.15) is 0 Å². The number of carbonyl (C=O) groups is 2. The van der Waals surface area contributed by atoms with E-state index in [1.54, 1.807) is 0 Å². The van der Waals surface area contributed by atoms with Crippen LogP contribution in [0.15, 0.2) is 24.8 Å². The van der Waals surface area contributed by atoms with Gasteiger partial charge in [-0.3, -0.25) is 0 Å². The maximum absolute atomic E-state index is 10.2. The fourth-order valence-electron chi connectivity index (χ4n) is 2.34. The summed E-state index contributed by atoms with van der Waals surface area (Å²) in [4.78, 5) is 19.4. The largest absolute Gasteiger partial charge is 2.00 e. The molecule has 0 aliphatic rings. The molecule has 146 valence electrons. The number of hydrogen-bond acceptors (Lipinski definition) is 4. The summed E-state index contributed by atoms with van der Waals surface area (Å²) >= 11 is 0. The molecule has 26 heavy (non-hydrogen) atoms. The van der Waals surface area contributed by atoms with Gasteiger partial charge in [-0.15, -0.1) is 0 Å². The number of rotatable bonds is 16. The summed E-state index contributed by atoms with van der Waals surface area (Å²) in [7, 11) is 0. The van der Waals surface area contributed by atoms with Crippen molar-refractivity contribution in [2.75, 3.05) is 0 Å². The molecule has 5 heteroatoms. The molecule has 0 spiro atoms. The number of carboxylic acid groups (broad SMARTS) is 2. The Morgan fingerprint density at radius 3 is 1.54 bits per heavy atom. The van der Waals surface area contributed by atoms with Crippen LogP contribution in [0.2, 0.25) is 0 Å². The molecule has 0 radical (unpaired) electrons. The number of allylic oxidation sites excluding steroid dienone is 2. The standard InChI is InChI=1S/C18H34O2.C3H4O2.Mg/c1-2-3-4-5-6-7-8-9-10-11-12-13-14-15-16-17-18(19)20;1-2-3(4)5;/h9-10H,2-8,11-17H2,1H3,(H,19,20);2H,1H2,(H,4,5);/q;;+2/p-2/b10-9+;;. The number of carboxylic acids is 2. The molecule has 0 atom stereocenters. The molecular formula is C21H36MgO4. The summed E-state index contributed by atoms with van der Waals surface area (Å²) in [6.45, 7) is 5.15. The third-order valence-corrected chi connectivity index (χ3v) is 3.81. The van der Waals surface area contributed by atoms with Gasteiger partial charge < -0.3 is 19.8 Å². The van der Waals surface area contributed by atoms with Crippen molar-refractivity contribution in [1.29, 1.82) is 0 Å². The zero-order chi connectivity index (χ0) is 19.2. The van der Waals surface area contributed by atoms with Crippen LogP contribution < -0.4 is 10.2 Å². The van der Waals surface area contributed by atoms with E-state index in [-0.39, 0.29) is 29.5 Å². The molecular weight excluding hydrogens is 341 g/mol. The van der Waals surface area contributed by atoms with Crippen molar-refractivity contribution in [1.82, 2.24) is 0 Å². The first-order valence-electron chi connectivity index (χ1n) is 9.72. The van der Waals surface area contributed by atoms with Crippen molar-refractivity contribution in [3.05, 3.63) is 24.8 Å². The van der Waals surface area contributed by atoms with Gasteiger partial charge >= 0.3 is 23.1 Å². The van der Waals surface area contributed by atoms with Gasteiger partial charge in [-0.25, -0.2) is 0 Å². The van der Waals surface area contributed by atoms with Crippen LogP contribution in [-0.2, 0) is 9.59 Å². The van der Waals surface area contributed by atoms with Crippen LogP contribution >= 0.6 is 0 Å². The molecule has 0 bridgehead atoms. The summed E-state index contributed by atoms with van der Waals surface area (Å²) in [6, 6.07) is 0. The number of aliphatic carboxylic acids is 2. The molecule has 0 rings (SSSR count). The van der Waals surface area contributed by atoms with Crippen LogP contribution in [0.3, 0.4) is 0 Å². The predicted octanol–water partition coefficient (Wildman–Crippen LogP) is 3.32. The van der Waals surface area contributed by atoms with Gasteiger partial charge in [-0.1, -0.05) is 77.0 Å². The number of unbranched alkanes of at least 4 members (excludes halogenated alkanes) is 11. The predicted molar refractivity (Wildman–Crippen MR) is 105 cm³/mol. The van der Waals surface area contributed by atoms with Crippen LogP contribution in [0.25, 0.3) is 0 Å². The van der Waals surface area contributed by atoms with Crippen molar-refractivity contribution in [3.8, 4) is 0 Å². The first kappa shape index (κ1) is 29.9. The monoisotopic (exact) mass is 376 g/mol. The van der Waals surface area contributed by atoms with E-state index < -0.39 is 11.9 Å². The summed E-state index contributed by atoms with van der Waals surface area (Å²) in [6.07, 6.45) is 21.6. The molecule has 0 aromatic rings. The van der Waals surface area contributed by atoms with Crippen LogP contribution in [-0.4, -0.2) is 35.0 Å². The molecule has 0 fully saturated rings. The Balaban J connectivity index is -0.000000772. The van der Waals surface area contributed by atoms with Gasteiger partial charge in [0.2, 0.25) is 0 Å². The molecule has 0 unspecified atom stereocenters. The van der Waals surface area contributed by atoms with E-state index in [1.807, 2.05) is 0 Å². The maximum atomic E-state index is 10.2. The van der Waals surface area contributed by atoms with E-state index in [0.29, 0.717) is 0 Å². The minimum Gasteiger partial charge on any atom is -0.550 e. The first-order chi connectivity index (χ1) is 12.0. The topological polar surface area (TPSA) is 80.3 Å². The SMILES string of the molecule is C=CC(=O)[O-].CCCCCCCC/C=C/CCCCCCCC(=O)[O-].[Mg+2]. The molecule has 4 nitrogen and oxygen atoms in total. The summed E-state index contributed by atoms with van der Waals surface area (Å²) in [5, 5.41) is 19.4. The van der Waals surface area contributed by atoms with Gasteiger partial charge in [-0.2, -0.15) is 0 Å². The van der Waals surface area contributed by atoms with Gasteiger partial charge in [0.05, 0.1) is 5.97 Å². The molecule has 0 aromatic heterocycles. The zero-order valence-corrected chi connectivity index (χ0v) is 18.1. The Morgan fingerprint density at radius 2 is 1.15 bits per heavy atom. The average Bonchev–Trinajstić information content (AvgIpc) is 2.58. The van der Waals surface area contributed by atoms with E-state index in [4.69, 9.17) is 9.90 Å². The molecule has 0 amide bonds. The Morgan fingerprint density at radius 1 is 0.769 bits per heavy atom. The Labute approximate surface area is 176 Å². The molecule has 0 heterocycles. The molecule has 0 aromatic carbocycles. The fraction of sp³-hybridized carbons (Fsp3) is 0.714. The Kier molecular flexibility index (Phi) is 30.4. The van der Waals surface area contributed by atoms with Crippen molar-refractivity contribution in [2.24, 2.45) is 0 Å². The number of hydrogen-bond donors (Lipinski definition) is 0. The number of carbonyl (C=O) groups excluding carboxylic acids is 2. The van der Waals surface area contributed by atoms with Gasteiger partial charge in [-0.05, 0) is 44.6 Å². The summed E-state index contributed by atoms with van der Waals surface area (Å²) in [5.41, 5.74) is 0. The molecule has 0 aliphatic carbocycles. The van der Waals surface area contributed by atoms with Crippen molar-refractivity contribution in [3.63, 3.8) is 0 Å². The maximum Gasteiger partial charge on any atom is 2.00 e. The minimum atomic E-state index is -1.23. The second kappa shape index (κ2) is 26.4. The molecule has 0 N–H and O–H groups in total. The zero-order valence-electron chi connectivity index (χ0n) is 16.7. The summed E-state index contributed by atoms with van der Waals surface area (Å²) in [5.74, 6) is -2.15. The second-order valence-electron chi connectivity index (χ2n) is 6.23. The van der Waals surface area contributed by atoms with Crippen molar-refractivity contribution in [2.45, 2.75) is 96.8 Å². The fourth-order valence-corrected chi connectivity index (χ4v) is 2.34. The van der Waals surface area contributed by atoms with Crippen LogP contribution in [0.5, 0.6) is 0 Å². The molecule has 0 saturated heterocycles. The van der Waals surface area contributed by atoms with E-state index in [9.17, 15) is 9.90 Å². The minimum absolute atomic E-state index is 0. The van der Waals surface area contributed by atoms with E-state index in [2.05, 4.69) is 25.7 Å². The third kappa shape index (κ3) is 34.5. The quantitative estimate of drug-likeness (QED) is 0.179. The van der Waals surface area contributed by atoms with Crippen molar-refractivity contribution < 1.29 is 19.8 Å². The average molecular weight is 377 g/mol. The normalized spacial score (nSPS) is 9.88. The third-order valence-electron chi connectivity index (χ3n) is 3.81. The van der Waals surface area contributed by atoms with E-state index in [1.165, 1.54) is 64.2 Å². The van der Waals surface area contributed by atoms with Crippen molar-refractivity contribution >= 4 is 35.0 Å². The first-order valence-corrected chi connectivity index (χ1v) is 9.72. The van der Waals surface area contributed by atoms with Crippen LogP contribution in [0.4, 0.5) is 0 Å². The van der Waals surface area contributed by atoms with E-state index in [0.717, 1.165) is 25.3 Å².